The highest BCUT2D eigenvalue weighted by molar-refractivity contribution is 6.30. The average molecular weight is 399 g/mol. The molecule has 1 aliphatic heterocycles. The second-order valence-electron chi connectivity index (χ2n) is 6.85. The molecule has 1 aliphatic rings. The summed E-state index contributed by atoms with van der Waals surface area (Å²) in [5.41, 5.74) is 2.05. The highest BCUT2D eigenvalue weighted by atomic mass is 35.5. The van der Waals surface area contributed by atoms with Crippen molar-refractivity contribution in [2.75, 3.05) is 38.2 Å². The third-order valence-electron chi connectivity index (χ3n) is 5.17. The number of hydrogen-bond donors (Lipinski definition) is 0. The Bertz CT molecular complexity index is 920. The first-order valence-corrected chi connectivity index (χ1v) is 9.74. The predicted molar refractivity (Wildman–Crippen MR) is 110 cm³/mol. The van der Waals surface area contributed by atoms with Crippen molar-refractivity contribution in [1.82, 2.24) is 15.1 Å². The lowest BCUT2D eigenvalue weighted by molar-refractivity contribution is 0.174. The molecule has 146 valence electrons. The zero-order chi connectivity index (χ0) is 19.5. The maximum atomic E-state index is 6.06. The maximum absolute atomic E-state index is 6.06. The van der Waals surface area contributed by atoms with E-state index in [1.807, 2.05) is 36.4 Å². The van der Waals surface area contributed by atoms with Crippen molar-refractivity contribution in [1.29, 1.82) is 0 Å². The zero-order valence-corrected chi connectivity index (χ0v) is 16.8. The number of nitrogens with zero attached hydrogens (tertiary/aromatic N) is 4. The molecule has 1 atom stereocenters. The Labute approximate surface area is 169 Å². The minimum absolute atomic E-state index is 0.0680. The van der Waals surface area contributed by atoms with Gasteiger partial charge < -0.3 is 14.1 Å². The Kier molecular flexibility index (Phi) is 5.50. The molecule has 4 rings (SSSR count). The highest BCUT2D eigenvalue weighted by Crippen LogP contribution is 2.27. The molecule has 0 spiro atoms. The van der Waals surface area contributed by atoms with Gasteiger partial charge in [0.2, 0.25) is 11.8 Å². The quantitative estimate of drug-likeness (QED) is 0.639. The van der Waals surface area contributed by atoms with Crippen LogP contribution in [0.4, 0.5) is 5.69 Å². The molecule has 0 radical (unpaired) electrons. The van der Waals surface area contributed by atoms with Crippen LogP contribution in [0, 0.1) is 0 Å². The van der Waals surface area contributed by atoms with Crippen molar-refractivity contribution in [2.45, 2.75) is 13.0 Å². The first kappa shape index (κ1) is 18.8. The molecular formula is C21H23ClN4O2. The zero-order valence-electron chi connectivity index (χ0n) is 16.0. The van der Waals surface area contributed by atoms with Gasteiger partial charge in [0.25, 0.3) is 0 Å². The minimum Gasteiger partial charge on any atom is -0.497 e. The SMILES string of the molecule is COc1ccc(N2CCN(C(C)c3nnc(-c4cccc(Cl)c4)o3)CC2)cc1. The van der Waals surface area contributed by atoms with E-state index in [2.05, 4.69) is 39.1 Å². The Morgan fingerprint density at radius 3 is 2.46 bits per heavy atom. The molecule has 1 saturated heterocycles. The Morgan fingerprint density at radius 2 is 1.79 bits per heavy atom. The van der Waals surface area contributed by atoms with Crippen molar-refractivity contribution < 1.29 is 9.15 Å². The number of methoxy groups -OCH3 is 1. The first-order valence-electron chi connectivity index (χ1n) is 9.36. The maximum Gasteiger partial charge on any atom is 0.247 e. The van der Waals surface area contributed by atoms with Crippen LogP contribution in [0.1, 0.15) is 18.9 Å². The molecule has 1 unspecified atom stereocenters. The van der Waals surface area contributed by atoms with E-state index in [4.69, 9.17) is 20.8 Å². The monoisotopic (exact) mass is 398 g/mol. The van der Waals surface area contributed by atoms with Gasteiger partial charge in [0.1, 0.15) is 5.75 Å². The summed E-state index contributed by atoms with van der Waals surface area (Å²) in [6, 6.07) is 15.7. The number of aromatic nitrogens is 2. The van der Waals surface area contributed by atoms with Crippen molar-refractivity contribution in [3.63, 3.8) is 0 Å². The van der Waals surface area contributed by atoms with Crippen molar-refractivity contribution in [3.05, 3.63) is 59.4 Å². The molecule has 2 aromatic carbocycles. The molecule has 0 bridgehead atoms. The summed E-state index contributed by atoms with van der Waals surface area (Å²) in [6.45, 7) is 5.88. The molecule has 1 fully saturated rings. The molecule has 3 aromatic rings. The lowest BCUT2D eigenvalue weighted by Crippen LogP contribution is -2.47. The van der Waals surface area contributed by atoms with Gasteiger partial charge in [0, 0.05) is 42.5 Å². The molecule has 0 amide bonds. The van der Waals surface area contributed by atoms with E-state index in [1.54, 1.807) is 7.11 Å². The van der Waals surface area contributed by atoms with Gasteiger partial charge in [-0.25, -0.2) is 0 Å². The smallest absolute Gasteiger partial charge is 0.247 e. The lowest BCUT2D eigenvalue weighted by Gasteiger charge is -2.38. The standard InChI is InChI=1S/C21H23ClN4O2/c1-15(20-23-24-21(28-20)16-4-3-5-17(22)14-16)25-10-12-26(13-11-25)18-6-8-19(27-2)9-7-18/h3-9,14-15H,10-13H2,1-2H3. The van der Waals surface area contributed by atoms with Crippen LogP contribution >= 0.6 is 11.6 Å². The molecule has 0 aliphatic carbocycles. The van der Waals surface area contributed by atoms with Crippen LogP contribution in [-0.4, -0.2) is 48.4 Å². The van der Waals surface area contributed by atoms with Crippen LogP contribution in [0.15, 0.2) is 52.9 Å². The summed E-state index contributed by atoms with van der Waals surface area (Å²) in [5, 5.41) is 9.12. The molecular weight excluding hydrogens is 376 g/mol. The number of ether oxygens (including phenoxy) is 1. The Hall–Kier alpha value is -2.57. The van der Waals surface area contributed by atoms with Crippen molar-refractivity contribution >= 4 is 17.3 Å². The highest BCUT2D eigenvalue weighted by Gasteiger charge is 2.26. The summed E-state index contributed by atoms with van der Waals surface area (Å²) < 4.78 is 11.2. The van der Waals surface area contributed by atoms with Gasteiger partial charge in [-0.2, -0.15) is 0 Å². The number of halogens is 1. The summed E-state index contributed by atoms with van der Waals surface area (Å²) in [4.78, 5) is 4.75. The second-order valence-corrected chi connectivity index (χ2v) is 7.29. The number of rotatable bonds is 5. The molecule has 28 heavy (non-hydrogen) atoms. The van der Waals surface area contributed by atoms with Gasteiger partial charge in [-0.15, -0.1) is 10.2 Å². The van der Waals surface area contributed by atoms with Crippen LogP contribution in [0.5, 0.6) is 5.75 Å². The van der Waals surface area contributed by atoms with Gasteiger partial charge in [-0.1, -0.05) is 17.7 Å². The van der Waals surface area contributed by atoms with Gasteiger partial charge in [0.05, 0.1) is 13.2 Å². The van der Waals surface area contributed by atoms with E-state index in [9.17, 15) is 0 Å². The van der Waals surface area contributed by atoms with Gasteiger partial charge in [-0.05, 0) is 49.4 Å². The normalized spacial score (nSPS) is 16.2. The summed E-state index contributed by atoms with van der Waals surface area (Å²) in [5.74, 6) is 2.01. The fourth-order valence-electron chi connectivity index (χ4n) is 3.46. The van der Waals surface area contributed by atoms with Crippen LogP contribution in [0.3, 0.4) is 0 Å². The molecule has 0 N–H and O–H groups in total. The minimum atomic E-state index is 0.0680. The van der Waals surface area contributed by atoms with Crippen molar-refractivity contribution in [2.24, 2.45) is 0 Å². The number of anilines is 1. The third kappa shape index (κ3) is 3.98. The van der Waals surface area contributed by atoms with E-state index in [0.29, 0.717) is 16.8 Å². The van der Waals surface area contributed by atoms with E-state index < -0.39 is 0 Å². The molecule has 6 nitrogen and oxygen atoms in total. The van der Waals surface area contributed by atoms with Gasteiger partial charge in [0.15, 0.2) is 0 Å². The lowest BCUT2D eigenvalue weighted by atomic mass is 10.2. The van der Waals surface area contributed by atoms with Crippen LogP contribution in [0.25, 0.3) is 11.5 Å². The van der Waals surface area contributed by atoms with E-state index in [-0.39, 0.29) is 6.04 Å². The fraction of sp³-hybridized carbons (Fsp3) is 0.333. The second kappa shape index (κ2) is 8.20. The van der Waals surface area contributed by atoms with Gasteiger partial charge in [-0.3, -0.25) is 4.90 Å². The molecule has 0 saturated carbocycles. The Morgan fingerprint density at radius 1 is 1.04 bits per heavy atom. The van der Waals surface area contributed by atoms with Gasteiger partial charge >= 0.3 is 0 Å². The van der Waals surface area contributed by atoms with Crippen LogP contribution < -0.4 is 9.64 Å². The van der Waals surface area contributed by atoms with Crippen molar-refractivity contribution in [3.8, 4) is 17.2 Å². The first-order chi connectivity index (χ1) is 13.6. The molecule has 2 heterocycles. The van der Waals surface area contributed by atoms with Crippen LogP contribution in [0.2, 0.25) is 5.02 Å². The topological polar surface area (TPSA) is 54.6 Å². The Balaban J connectivity index is 1.39. The van der Waals surface area contributed by atoms with E-state index in [1.165, 1.54) is 5.69 Å². The van der Waals surface area contributed by atoms with E-state index in [0.717, 1.165) is 37.5 Å². The number of piperazine rings is 1. The fourth-order valence-corrected chi connectivity index (χ4v) is 3.65. The molecule has 7 heteroatoms. The summed E-state index contributed by atoms with van der Waals surface area (Å²) >= 11 is 6.06. The average Bonchev–Trinajstić information content (AvgIpc) is 3.24. The largest absolute Gasteiger partial charge is 0.497 e. The molecule has 1 aromatic heterocycles. The predicted octanol–water partition coefficient (Wildman–Crippen LogP) is 4.28. The van der Waals surface area contributed by atoms with E-state index >= 15 is 0 Å². The third-order valence-corrected chi connectivity index (χ3v) is 5.40. The number of benzene rings is 2. The van der Waals surface area contributed by atoms with Crippen LogP contribution in [-0.2, 0) is 0 Å². The number of hydrogen-bond acceptors (Lipinski definition) is 6. The summed E-state index contributed by atoms with van der Waals surface area (Å²) in [6.07, 6.45) is 0. The summed E-state index contributed by atoms with van der Waals surface area (Å²) in [7, 11) is 1.69.